The van der Waals surface area contributed by atoms with Crippen molar-refractivity contribution in [3.8, 4) is 5.75 Å². The Bertz CT molecular complexity index is 828. The number of piperidine rings is 2. The third-order valence-electron chi connectivity index (χ3n) is 7.14. The van der Waals surface area contributed by atoms with Crippen LogP contribution in [0.3, 0.4) is 0 Å². The second-order valence-corrected chi connectivity index (χ2v) is 8.07. The number of benzene rings is 1. The van der Waals surface area contributed by atoms with Crippen molar-refractivity contribution in [2.75, 3.05) is 13.7 Å². The van der Waals surface area contributed by atoms with Crippen molar-refractivity contribution in [3.05, 3.63) is 29.5 Å². The Morgan fingerprint density at radius 2 is 2.25 bits per heavy atom. The first-order chi connectivity index (χ1) is 11.8. The van der Waals surface area contributed by atoms with Crippen molar-refractivity contribution in [1.82, 2.24) is 9.88 Å². The van der Waals surface area contributed by atoms with Crippen LogP contribution in [-0.4, -0.2) is 35.8 Å². The molecular weight excluding hydrogens is 300 g/mol. The van der Waals surface area contributed by atoms with E-state index in [4.69, 9.17) is 9.47 Å². The summed E-state index contributed by atoms with van der Waals surface area (Å²) < 4.78 is 12.1. The summed E-state index contributed by atoms with van der Waals surface area (Å²) in [6.45, 7) is 3.43. The van der Waals surface area contributed by atoms with E-state index >= 15 is 0 Å². The van der Waals surface area contributed by atoms with Crippen LogP contribution in [0.4, 0.5) is 0 Å². The number of aromatic nitrogens is 1. The number of ether oxygens (including phenoxy) is 2. The zero-order chi connectivity index (χ0) is 16.0. The van der Waals surface area contributed by atoms with Gasteiger partial charge in [0, 0.05) is 40.7 Å². The standard InChI is InChI=1S/C20H24N2O2/c1-3-10-6-11-7-14-18-17(16-9-22(19(10)14)20(11)24-16)13-8-12(23-2)4-5-15(13)21-18/h4-5,8,10-11,14,16,19-21H,3,6-7,9H2,1-2H3/t10-,11?,14-,16-,19-,20?/m0/s1. The van der Waals surface area contributed by atoms with Crippen molar-refractivity contribution in [2.24, 2.45) is 11.8 Å². The van der Waals surface area contributed by atoms with Crippen LogP contribution in [0.5, 0.6) is 5.75 Å². The minimum absolute atomic E-state index is 0.219. The van der Waals surface area contributed by atoms with Gasteiger partial charge in [-0.05, 0) is 42.9 Å². The minimum Gasteiger partial charge on any atom is -0.497 e. The summed E-state index contributed by atoms with van der Waals surface area (Å²) in [5, 5.41) is 1.30. The summed E-state index contributed by atoms with van der Waals surface area (Å²) in [4.78, 5) is 6.49. The van der Waals surface area contributed by atoms with Crippen LogP contribution in [0.1, 0.15) is 49.5 Å². The van der Waals surface area contributed by atoms with Crippen LogP contribution in [0.2, 0.25) is 0 Å². The number of hydrogen-bond donors (Lipinski definition) is 1. The maximum Gasteiger partial charge on any atom is 0.119 e. The molecule has 1 aromatic carbocycles. The van der Waals surface area contributed by atoms with Crippen molar-refractivity contribution >= 4 is 10.9 Å². The lowest BCUT2D eigenvalue weighted by Gasteiger charge is -2.55. The van der Waals surface area contributed by atoms with E-state index in [9.17, 15) is 0 Å². The fraction of sp³-hybridized carbons (Fsp3) is 0.600. The van der Waals surface area contributed by atoms with Gasteiger partial charge in [-0.15, -0.1) is 0 Å². The first-order valence-electron chi connectivity index (χ1n) is 9.39. The highest BCUT2D eigenvalue weighted by Crippen LogP contribution is 2.59. The number of hydrogen-bond acceptors (Lipinski definition) is 3. The number of nitrogens with zero attached hydrogens (tertiary/aromatic N) is 1. The molecule has 3 unspecified atom stereocenters. The van der Waals surface area contributed by atoms with Gasteiger partial charge in [-0.1, -0.05) is 13.3 Å². The number of fused-ring (bicyclic) bond motifs is 6. The average molecular weight is 324 g/mol. The SMILES string of the molecule is CC[C@H]1CC2C[C@H]3c4[nH]c5ccc(OC)cc5c4[C@@H]4CN(C2O4)[C@@H]13. The number of aromatic amines is 1. The summed E-state index contributed by atoms with van der Waals surface area (Å²) in [6.07, 6.45) is 4.51. The summed E-state index contributed by atoms with van der Waals surface area (Å²) >= 11 is 0. The van der Waals surface area contributed by atoms with E-state index < -0.39 is 0 Å². The monoisotopic (exact) mass is 324 g/mol. The largest absolute Gasteiger partial charge is 0.497 e. The van der Waals surface area contributed by atoms with Gasteiger partial charge in [-0.3, -0.25) is 4.90 Å². The van der Waals surface area contributed by atoms with E-state index in [1.165, 1.54) is 41.4 Å². The van der Waals surface area contributed by atoms with E-state index in [1.807, 2.05) is 0 Å². The van der Waals surface area contributed by atoms with Crippen molar-refractivity contribution < 1.29 is 9.47 Å². The van der Waals surface area contributed by atoms with Crippen LogP contribution < -0.4 is 4.74 Å². The molecule has 4 aliphatic heterocycles. The molecule has 1 aromatic heterocycles. The molecule has 5 aliphatic rings. The Morgan fingerprint density at radius 1 is 1.33 bits per heavy atom. The Hall–Kier alpha value is -1.52. The molecule has 7 rings (SSSR count). The second kappa shape index (κ2) is 4.55. The van der Waals surface area contributed by atoms with Gasteiger partial charge < -0.3 is 14.5 Å². The third kappa shape index (κ3) is 1.52. The molecule has 4 heteroatoms. The van der Waals surface area contributed by atoms with E-state index in [0.717, 1.165) is 18.2 Å². The smallest absolute Gasteiger partial charge is 0.119 e. The van der Waals surface area contributed by atoms with E-state index in [2.05, 4.69) is 35.0 Å². The van der Waals surface area contributed by atoms with Crippen molar-refractivity contribution in [1.29, 1.82) is 0 Å². The van der Waals surface area contributed by atoms with E-state index in [0.29, 0.717) is 24.1 Å². The third-order valence-corrected chi connectivity index (χ3v) is 7.14. The van der Waals surface area contributed by atoms with Crippen LogP contribution >= 0.6 is 0 Å². The molecule has 0 spiro atoms. The Kier molecular flexibility index (Phi) is 2.61. The molecule has 126 valence electrons. The summed E-state index contributed by atoms with van der Waals surface area (Å²) in [5.41, 5.74) is 4.10. The van der Waals surface area contributed by atoms with Gasteiger partial charge in [-0.25, -0.2) is 0 Å². The first kappa shape index (κ1) is 13.7. The van der Waals surface area contributed by atoms with E-state index in [-0.39, 0.29) is 6.10 Å². The molecule has 24 heavy (non-hydrogen) atoms. The zero-order valence-electron chi connectivity index (χ0n) is 14.3. The Balaban J connectivity index is 1.60. The zero-order valence-corrected chi connectivity index (χ0v) is 14.3. The van der Waals surface area contributed by atoms with Crippen LogP contribution in [0, 0.1) is 11.8 Å². The number of nitrogens with one attached hydrogen (secondary N) is 1. The maximum absolute atomic E-state index is 6.61. The predicted molar refractivity (Wildman–Crippen MR) is 92.2 cm³/mol. The molecule has 5 heterocycles. The number of methoxy groups -OCH3 is 1. The van der Waals surface area contributed by atoms with Gasteiger partial charge in [0.15, 0.2) is 0 Å². The lowest BCUT2D eigenvalue weighted by molar-refractivity contribution is -0.142. The highest BCUT2D eigenvalue weighted by Gasteiger charge is 2.59. The highest BCUT2D eigenvalue weighted by atomic mass is 16.5. The van der Waals surface area contributed by atoms with Crippen LogP contribution in [-0.2, 0) is 4.74 Å². The Labute approximate surface area is 142 Å². The molecule has 5 bridgehead atoms. The number of rotatable bonds is 2. The molecular formula is C20H24N2O2. The van der Waals surface area contributed by atoms with Gasteiger partial charge in [0.1, 0.15) is 12.0 Å². The first-order valence-corrected chi connectivity index (χ1v) is 9.39. The molecule has 2 aromatic rings. The van der Waals surface area contributed by atoms with Crippen LogP contribution in [0.15, 0.2) is 18.2 Å². The van der Waals surface area contributed by atoms with Crippen molar-refractivity contribution in [3.63, 3.8) is 0 Å². The van der Waals surface area contributed by atoms with E-state index in [1.54, 1.807) is 7.11 Å². The van der Waals surface area contributed by atoms with Crippen molar-refractivity contribution in [2.45, 2.75) is 50.5 Å². The summed E-state index contributed by atoms with van der Waals surface area (Å²) in [7, 11) is 1.74. The molecule has 0 radical (unpaired) electrons. The molecule has 1 N–H and O–H groups in total. The minimum atomic E-state index is 0.219. The fourth-order valence-electron chi connectivity index (χ4n) is 6.25. The molecule has 4 fully saturated rings. The molecule has 4 nitrogen and oxygen atoms in total. The van der Waals surface area contributed by atoms with Gasteiger partial charge in [-0.2, -0.15) is 0 Å². The fourth-order valence-corrected chi connectivity index (χ4v) is 6.25. The molecule has 7 atom stereocenters. The average Bonchev–Trinajstić information content (AvgIpc) is 3.19. The lowest BCUT2D eigenvalue weighted by atomic mass is 9.64. The van der Waals surface area contributed by atoms with Gasteiger partial charge >= 0.3 is 0 Å². The summed E-state index contributed by atoms with van der Waals surface area (Å²) in [6, 6.07) is 7.06. The molecule has 0 amide bonds. The maximum atomic E-state index is 6.61. The normalized spacial score (nSPS) is 41.7. The summed E-state index contributed by atoms with van der Waals surface area (Å²) in [5.74, 6) is 3.11. The topological polar surface area (TPSA) is 37.5 Å². The van der Waals surface area contributed by atoms with Gasteiger partial charge in [0.2, 0.25) is 0 Å². The molecule has 1 aliphatic carbocycles. The van der Waals surface area contributed by atoms with Gasteiger partial charge in [0.25, 0.3) is 0 Å². The quantitative estimate of drug-likeness (QED) is 0.913. The number of H-pyrrole nitrogens is 1. The van der Waals surface area contributed by atoms with Crippen LogP contribution in [0.25, 0.3) is 10.9 Å². The molecule has 3 saturated heterocycles. The Morgan fingerprint density at radius 3 is 3.08 bits per heavy atom. The second-order valence-electron chi connectivity index (χ2n) is 8.07. The lowest BCUT2D eigenvalue weighted by Crippen LogP contribution is -2.59. The predicted octanol–water partition coefficient (Wildman–Crippen LogP) is 3.79. The molecule has 1 saturated carbocycles. The highest BCUT2D eigenvalue weighted by molar-refractivity contribution is 5.87. The van der Waals surface area contributed by atoms with Gasteiger partial charge in [0.05, 0.1) is 13.2 Å².